The Labute approximate surface area is 148 Å². The number of sulfonamides is 1. The maximum atomic E-state index is 12.4. The second kappa shape index (κ2) is 8.22. The fraction of sp³-hybridized carbons (Fsp3) is 0.333. The Morgan fingerprint density at radius 3 is 2.44 bits per heavy atom. The van der Waals surface area contributed by atoms with E-state index in [4.69, 9.17) is 0 Å². The van der Waals surface area contributed by atoms with Crippen molar-refractivity contribution in [2.24, 2.45) is 0 Å². The highest BCUT2D eigenvalue weighted by atomic mass is 32.2. The fourth-order valence-corrected chi connectivity index (χ4v) is 3.15. The maximum Gasteiger partial charge on any atom is 0.239 e. The summed E-state index contributed by atoms with van der Waals surface area (Å²) < 4.78 is 25.1. The van der Waals surface area contributed by atoms with Crippen LogP contribution in [0.4, 0.5) is 5.69 Å². The lowest BCUT2D eigenvalue weighted by Gasteiger charge is -2.20. The van der Waals surface area contributed by atoms with Gasteiger partial charge in [-0.25, -0.2) is 8.42 Å². The van der Waals surface area contributed by atoms with Gasteiger partial charge in [0, 0.05) is 11.9 Å². The van der Waals surface area contributed by atoms with Gasteiger partial charge in [0.2, 0.25) is 15.9 Å². The summed E-state index contributed by atoms with van der Waals surface area (Å²) in [6.45, 7) is 3.87. The van der Waals surface area contributed by atoms with E-state index in [0.29, 0.717) is 11.4 Å². The lowest BCUT2D eigenvalue weighted by Crippen LogP contribution is -2.37. The normalized spacial score (nSPS) is 11.7. The Hall–Kier alpha value is -2.25. The molecule has 25 heavy (non-hydrogen) atoms. The fourth-order valence-electron chi connectivity index (χ4n) is 2.43. The van der Waals surface area contributed by atoms with E-state index in [1.165, 1.54) is 0 Å². The van der Waals surface area contributed by atoms with E-state index in [9.17, 15) is 13.2 Å². The van der Waals surface area contributed by atoms with Gasteiger partial charge in [-0.05, 0) is 29.7 Å². The van der Waals surface area contributed by atoms with E-state index < -0.39 is 10.0 Å². The van der Waals surface area contributed by atoms with Crippen molar-refractivity contribution >= 4 is 21.6 Å². The number of rotatable bonds is 7. The summed E-state index contributed by atoms with van der Waals surface area (Å²) in [4.78, 5) is 16.5. The third-order valence-electron chi connectivity index (χ3n) is 3.71. The van der Waals surface area contributed by atoms with Gasteiger partial charge in [0.1, 0.15) is 0 Å². The SMILES string of the molecule is CC(C)c1ccccc1NC(=O)CN(Cc1ccccn1)S(C)(=O)=O. The first-order chi connectivity index (χ1) is 11.8. The van der Waals surface area contributed by atoms with E-state index >= 15 is 0 Å². The molecule has 0 fully saturated rings. The summed E-state index contributed by atoms with van der Waals surface area (Å²) in [6.07, 6.45) is 2.68. The van der Waals surface area contributed by atoms with E-state index in [-0.39, 0.29) is 24.9 Å². The highest BCUT2D eigenvalue weighted by Crippen LogP contribution is 2.23. The van der Waals surface area contributed by atoms with Crippen LogP contribution in [0.2, 0.25) is 0 Å². The van der Waals surface area contributed by atoms with Crippen molar-refractivity contribution in [3.63, 3.8) is 0 Å². The number of hydrogen-bond acceptors (Lipinski definition) is 4. The van der Waals surface area contributed by atoms with Gasteiger partial charge >= 0.3 is 0 Å². The van der Waals surface area contributed by atoms with E-state index in [0.717, 1.165) is 16.1 Å². The number of amides is 1. The number of carbonyl (C=O) groups excluding carboxylic acids is 1. The molecule has 0 saturated heterocycles. The van der Waals surface area contributed by atoms with Gasteiger partial charge in [-0.2, -0.15) is 4.31 Å². The van der Waals surface area contributed by atoms with Crippen LogP contribution in [0.1, 0.15) is 31.0 Å². The molecule has 7 heteroatoms. The topological polar surface area (TPSA) is 79.4 Å². The van der Waals surface area contributed by atoms with Crippen LogP contribution in [0, 0.1) is 0 Å². The summed E-state index contributed by atoms with van der Waals surface area (Å²) in [5, 5.41) is 2.81. The largest absolute Gasteiger partial charge is 0.325 e. The molecule has 0 bridgehead atoms. The van der Waals surface area contributed by atoms with Crippen LogP contribution in [0.5, 0.6) is 0 Å². The predicted molar refractivity (Wildman–Crippen MR) is 98.7 cm³/mol. The predicted octanol–water partition coefficient (Wildman–Crippen LogP) is 2.61. The van der Waals surface area contributed by atoms with Crippen molar-refractivity contribution in [3.8, 4) is 0 Å². The summed E-state index contributed by atoms with van der Waals surface area (Å²) in [5.74, 6) is -0.134. The zero-order chi connectivity index (χ0) is 18.4. The average molecular weight is 361 g/mol. The summed E-state index contributed by atoms with van der Waals surface area (Å²) in [7, 11) is -3.54. The van der Waals surface area contributed by atoms with E-state index in [1.807, 2.05) is 38.1 Å². The molecule has 0 unspecified atom stereocenters. The molecule has 0 aliphatic heterocycles. The molecule has 0 atom stereocenters. The van der Waals surface area contributed by atoms with Gasteiger partial charge in [-0.1, -0.05) is 38.1 Å². The van der Waals surface area contributed by atoms with Crippen molar-refractivity contribution in [3.05, 3.63) is 59.9 Å². The molecule has 1 N–H and O–H groups in total. The smallest absolute Gasteiger partial charge is 0.239 e. The molecule has 0 spiro atoms. The van der Waals surface area contributed by atoms with Gasteiger partial charge in [0.15, 0.2) is 0 Å². The number of aromatic nitrogens is 1. The minimum Gasteiger partial charge on any atom is -0.325 e. The van der Waals surface area contributed by atoms with Crippen LogP contribution in [-0.4, -0.2) is 36.4 Å². The molecule has 6 nitrogen and oxygen atoms in total. The van der Waals surface area contributed by atoms with Crippen molar-refractivity contribution in [1.82, 2.24) is 9.29 Å². The van der Waals surface area contributed by atoms with Crippen LogP contribution >= 0.6 is 0 Å². The Balaban J connectivity index is 2.13. The minimum absolute atomic E-state index is 0.0545. The zero-order valence-electron chi connectivity index (χ0n) is 14.6. The molecule has 0 radical (unpaired) electrons. The number of pyridine rings is 1. The average Bonchev–Trinajstić information content (AvgIpc) is 2.54. The molecule has 2 rings (SSSR count). The van der Waals surface area contributed by atoms with Gasteiger partial charge < -0.3 is 5.32 Å². The highest BCUT2D eigenvalue weighted by molar-refractivity contribution is 7.88. The van der Waals surface area contributed by atoms with Crippen LogP contribution in [0.25, 0.3) is 0 Å². The molecule has 1 heterocycles. The number of benzene rings is 1. The molecule has 0 saturated carbocycles. The zero-order valence-corrected chi connectivity index (χ0v) is 15.5. The van der Waals surface area contributed by atoms with Gasteiger partial charge in [-0.15, -0.1) is 0 Å². The van der Waals surface area contributed by atoms with Crippen LogP contribution in [0.3, 0.4) is 0 Å². The Kier molecular flexibility index (Phi) is 6.27. The number of anilines is 1. The third kappa shape index (κ3) is 5.65. The first-order valence-electron chi connectivity index (χ1n) is 8.01. The van der Waals surface area contributed by atoms with Gasteiger partial charge in [0.25, 0.3) is 0 Å². The molecule has 2 aromatic rings. The first kappa shape index (κ1) is 19.1. The Morgan fingerprint density at radius 2 is 1.84 bits per heavy atom. The lowest BCUT2D eigenvalue weighted by molar-refractivity contribution is -0.116. The van der Waals surface area contributed by atoms with Gasteiger partial charge in [-0.3, -0.25) is 9.78 Å². The summed E-state index contributed by atoms with van der Waals surface area (Å²) in [6, 6.07) is 12.8. The standard InChI is InChI=1S/C18H23N3O3S/c1-14(2)16-9-4-5-10-17(16)20-18(22)13-21(25(3,23)24)12-15-8-6-7-11-19-15/h4-11,14H,12-13H2,1-3H3,(H,20,22). The number of nitrogens with one attached hydrogen (secondary N) is 1. The Morgan fingerprint density at radius 1 is 1.16 bits per heavy atom. The molecule has 1 amide bonds. The Bertz CT molecular complexity index is 820. The molecular formula is C18H23N3O3S. The second-order valence-electron chi connectivity index (χ2n) is 6.14. The monoisotopic (exact) mass is 361 g/mol. The molecule has 1 aromatic carbocycles. The molecule has 0 aliphatic rings. The van der Waals surface area contributed by atoms with E-state index in [1.54, 1.807) is 24.4 Å². The molecule has 0 aliphatic carbocycles. The summed E-state index contributed by atoms with van der Waals surface area (Å²) in [5.41, 5.74) is 2.29. The maximum absolute atomic E-state index is 12.4. The molecule has 134 valence electrons. The van der Waals surface area contributed by atoms with Crippen molar-refractivity contribution in [2.45, 2.75) is 26.3 Å². The summed E-state index contributed by atoms with van der Waals surface area (Å²) >= 11 is 0. The number of carbonyl (C=O) groups is 1. The van der Waals surface area contributed by atoms with Crippen LogP contribution in [-0.2, 0) is 21.4 Å². The van der Waals surface area contributed by atoms with E-state index in [2.05, 4.69) is 10.3 Å². The lowest BCUT2D eigenvalue weighted by atomic mass is 10.0. The second-order valence-corrected chi connectivity index (χ2v) is 8.12. The van der Waals surface area contributed by atoms with Crippen molar-refractivity contribution in [1.29, 1.82) is 0 Å². The first-order valence-corrected chi connectivity index (χ1v) is 9.86. The van der Waals surface area contributed by atoms with Crippen LogP contribution in [0.15, 0.2) is 48.7 Å². The number of nitrogens with zero attached hydrogens (tertiary/aromatic N) is 2. The van der Waals surface area contributed by atoms with Crippen LogP contribution < -0.4 is 5.32 Å². The number of para-hydroxylation sites is 1. The minimum atomic E-state index is -3.54. The quantitative estimate of drug-likeness (QED) is 0.822. The van der Waals surface area contributed by atoms with Crippen molar-refractivity contribution < 1.29 is 13.2 Å². The molecule has 1 aromatic heterocycles. The third-order valence-corrected chi connectivity index (χ3v) is 4.91. The van der Waals surface area contributed by atoms with Gasteiger partial charge in [0.05, 0.1) is 25.0 Å². The molecular weight excluding hydrogens is 338 g/mol. The highest BCUT2D eigenvalue weighted by Gasteiger charge is 2.21. The van der Waals surface area contributed by atoms with Crippen molar-refractivity contribution in [2.75, 3.05) is 18.1 Å². The number of hydrogen-bond donors (Lipinski definition) is 1.